The molecule has 2 aromatic carbocycles. The van der Waals surface area contributed by atoms with E-state index in [1.54, 1.807) is 12.1 Å². The number of aromatic nitrogens is 2. The first-order chi connectivity index (χ1) is 15.5. The number of amides is 1. The number of fused-ring (bicyclic) bond motifs is 1. The number of piperazine rings is 1. The summed E-state index contributed by atoms with van der Waals surface area (Å²) in [6.07, 6.45) is 0. The lowest BCUT2D eigenvalue weighted by molar-refractivity contribution is 0.102. The predicted octanol–water partition coefficient (Wildman–Crippen LogP) is 2.66. The standard InChI is InChI=1S/C23H27N5O4/c1-27-9-11-28(12-10-27)22-20(25-16-7-5-6-8-17(16)26-22)23(29)24-15-13-18(30-2)21(32-4)19(14-15)31-3/h5-8,13-14H,9-12H2,1-4H3,(H,24,29). The highest BCUT2D eigenvalue weighted by Gasteiger charge is 2.25. The minimum atomic E-state index is -0.355. The molecule has 0 radical (unpaired) electrons. The fourth-order valence-corrected chi connectivity index (χ4v) is 3.73. The third kappa shape index (κ3) is 4.24. The van der Waals surface area contributed by atoms with Crippen molar-refractivity contribution in [1.29, 1.82) is 0 Å². The fraction of sp³-hybridized carbons (Fsp3) is 0.348. The van der Waals surface area contributed by atoms with Crippen molar-refractivity contribution in [2.45, 2.75) is 0 Å². The Morgan fingerprint density at radius 2 is 1.50 bits per heavy atom. The van der Waals surface area contributed by atoms with Crippen molar-refractivity contribution in [3.8, 4) is 17.2 Å². The Morgan fingerprint density at radius 1 is 0.906 bits per heavy atom. The molecule has 9 heteroatoms. The highest BCUT2D eigenvalue weighted by Crippen LogP contribution is 2.40. The van der Waals surface area contributed by atoms with E-state index in [-0.39, 0.29) is 11.6 Å². The van der Waals surface area contributed by atoms with Gasteiger partial charge in [-0.2, -0.15) is 0 Å². The number of carbonyl (C=O) groups excluding carboxylic acids is 1. The summed E-state index contributed by atoms with van der Waals surface area (Å²) in [5.41, 5.74) is 2.21. The van der Waals surface area contributed by atoms with Crippen LogP contribution in [0.4, 0.5) is 11.5 Å². The smallest absolute Gasteiger partial charge is 0.278 e. The normalized spacial score (nSPS) is 14.3. The molecule has 1 N–H and O–H groups in total. The first-order valence-corrected chi connectivity index (χ1v) is 10.4. The van der Waals surface area contributed by atoms with Gasteiger partial charge >= 0.3 is 0 Å². The van der Waals surface area contributed by atoms with E-state index in [0.29, 0.717) is 34.3 Å². The van der Waals surface area contributed by atoms with Gasteiger partial charge < -0.3 is 29.3 Å². The molecule has 0 saturated carbocycles. The molecule has 0 atom stereocenters. The molecule has 9 nitrogen and oxygen atoms in total. The average Bonchev–Trinajstić information content (AvgIpc) is 2.83. The number of hydrogen-bond acceptors (Lipinski definition) is 8. The third-order valence-corrected chi connectivity index (χ3v) is 5.49. The Labute approximate surface area is 186 Å². The van der Waals surface area contributed by atoms with Gasteiger partial charge in [0.25, 0.3) is 5.91 Å². The molecule has 3 aromatic rings. The number of hydrogen-bond donors (Lipinski definition) is 1. The van der Waals surface area contributed by atoms with Gasteiger partial charge in [0, 0.05) is 44.0 Å². The van der Waals surface area contributed by atoms with Gasteiger partial charge in [0.15, 0.2) is 23.0 Å². The summed E-state index contributed by atoms with van der Waals surface area (Å²) in [6, 6.07) is 10.9. The second-order valence-electron chi connectivity index (χ2n) is 7.54. The molecule has 1 amide bonds. The molecule has 4 rings (SSSR count). The fourth-order valence-electron chi connectivity index (χ4n) is 3.73. The lowest BCUT2D eigenvalue weighted by Crippen LogP contribution is -2.45. The van der Waals surface area contributed by atoms with Crippen molar-refractivity contribution in [3.05, 3.63) is 42.1 Å². The van der Waals surface area contributed by atoms with Crippen molar-refractivity contribution in [2.75, 3.05) is 64.8 Å². The molecule has 0 unspecified atom stereocenters. The van der Waals surface area contributed by atoms with Gasteiger partial charge in [-0.3, -0.25) is 4.79 Å². The van der Waals surface area contributed by atoms with Crippen LogP contribution >= 0.6 is 0 Å². The van der Waals surface area contributed by atoms with Crippen LogP contribution in [0.3, 0.4) is 0 Å². The van der Waals surface area contributed by atoms with Crippen LogP contribution < -0.4 is 24.4 Å². The van der Waals surface area contributed by atoms with E-state index < -0.39 is 0 Å². The van der Waals surface area contributed by atoms with Crippen LogP contribution in [0.15, 0.2) is 36.4 Å². The number of likely N-dealkylation sites (N-methyl/N-ethyl adjacent to an activating group) is 1. The molecular formula is C23H27N5O4. The van der Waals surface area contributed by atoms with E-state index in [0.717, 1.165) is 31.7 Å². The molecule has 1 aromatic heterocycles. The van der Waals surface area contributed by atoms with Crippen LogP contribution in [0.25, 0.3) is 11.0 Å². The Bertz CT molecular complexity index is 1100. The first-order valence-electron chi connectivity index (χ1n) is 10.4. The number of ether oxygens (including phenoxy) is 3. The second kappa shape index (κ2) is 9.27. The van der Waals surface area contributed by atoms with Crippen LogP contribution in [0.5, 0.6) is 17.2 Å². The first kappa shape index (κ1) is 21.6. The summed E-state index contributed by atoms with van der Waals surface area (Å²) >= 11 is 0. The van der Waals surface area contributed by atoms with E-state index in [9.17, 15) is 4.79 Å². The van der Waals surface area contributed by atoms with Gasteiger partial charge in [-0.1, -0.05) is 12.1 Å². The summed E-state index contributed by atoms with van der Waals surface area (Å²) in [5, 5.41) is 2.92. The summed E-state index contributed by atoms with van der Waals surface area (Å²) < 4.78 is 16.2. The quantitative estimate of drug-likeness (QED) is 0.630. The van der Waals surface area contributed by atoms with Crippen molar-refractivity contribution < 1.29 is 19.0 Å². The molecule has 0 aliphatic carbocycles. The van der Waals surface area contributed by atoms with E-state index in [1.165, 1.54) is 21.3 Å². The molecule has 1 saturated heterocycles. The number of rotatable bonds is 6. The number of benzene rings is 2. The summed E-state index contributed by atoms with van der Waals surface area (Å²) in [7, 11) is 6.68. The Hall–Kier alpha value is -3.59. The number of anilines is 2. The number of nitrogens with zero attached hydrogens (tertiary/aromatic N) is 4. The Balaban J connectivity index is 1.72. The summed E-state index contributed by atoms with van der Waals surface area (Å²) in [4.78, 5) is 27.2. The summed E-state index contributed by atoms with van der Waals surface area (Å²) in [6.45, 7) is 3.33. The number of para-hydroxylation sites is 2. The van der Waals surface area contributed by atoms with Gasteiger partial charge in [-0.25, -0.2) is 9.97 Å². The molecular weight excluding hydrogens is 410 g/mol. The zero-order chi connectivity index (χ0) is 22.7. The number of methoxy groups -OCH3 is 3. The van der Waals surface area contributed by atoms with Crippen molar-refractivity contribution in [2.24, 2.45) is 0 Å². The largest absolute Gasteiger partial charge is 0.493 e. The zero-order valence-electron chi connectivity index (χ0n) is 18.7. The molecule has 168 valence electrons. The molecule has 1 aliphatic heterocycles. The van der Waals surface area contributed by atoms with E-state index in [4.69, 9.17) is 19.2 Å². The van der Waals surface area contributed by atoms with Crippen LogP contribution in [-0.4, -0.2) is 75.3 Å². The number of carbonyl (C=O) groups is 1. The van der Waals surface area contributed by atoms with Gasteiger partial charge in [0.05, 0.1) is 32.4 Å². The molecule has 0 spiro atoms. The van der Waals surface area contributed by atoms with E-state index in [1.807, 2.05) is 24.3 Å². The van der Waals surface area contributed by atoms with Crippen LogP contribution in [0.2, 0.25) is 0 Å². The number of nitrogens with one attached hydrogen (secondary N) is 1. The minimum absolute atomic E-state index is 0.280. The lowest BCUT2D eigenvalue weighted by atomic mass is 10.2. The van der Waals surface area contributed by atoms with Gasteiger partial charge in [-0.15, -0.1) is 0 Å². The topological polar surface area (TPSA) is 89.0 Å². The predicted molar refractivity (Wildman–Crippen MR) is 123 cm³/mol. The van der Waals surface area contributed by atoms with Crippen LogP contribution in [0, 0.1) is 0 Å². The Kier molecular flexibility index (Phi) is 6.27. The highest BCUT2D eigenvalue weighted by molar-refractivity contribution is 6.07. The molecule has 1 aliphatic rings. The van der Waals surface area contributed by atoms with Crippen molar-refractivity contribution in [1.82, 2.24) is 14.9 Å². The second-order valence-corrected chi connectivity index (χ2v) is 7.54. The highest BCUT2D eigenvalue weighted by atomic mass is 16.5. The maximum Gasteiger partial charge on any atom is 0.278 e. The third-order valence-electron chi connectivity index (χ3n) is 5.49. The minimum Gasteiger partial charge on any atom is -0.493 e. The Morgan fingerprint density at radius 3 is 2.06 bits per heavy atom. The SMILES string of the molecule is COc1cc(NC(=O)c2nc3ccccc3nc2N2CCN(C)CC2)cc(OC)c1OC. The lowest BCUT2D eigenvalue weighted by Gasteiger charge is -2.33. The maximum atomic E-state index is 13.4. The monoisotopic (exact) mass is 437 g/mol. The van der Waals surface area contributed by atoms with Gasteiger partial charge in [-0.05, 0) is 19.2 Å². The molecule has 0 bridgehead atoms. The van der Waals surface area contributed by atoms with Gasteiger partial charge in [0.1, 0.15) is 0 Å². The molecule has 2 heterocycles. The van der Waals surface area contributed by atoms with E-state index in [2.05, 4.69) is 27.1 Å². The summed E-state index contributed by atoms with van der Waals surface area (Å²) in [5.74, 6) is 1.59. The zero-order valence-corrected chi connectivity index (χ0v) is 18.7. The molecule has 1 fully saturated rings. The van der Waals surface area contributed by atoms with Gasteiger partial charge in [0.2, 0.25) is 5.75 Å². The van der Waals surface area contributed by atoms with E-state index >= 15 is 0 Å². The van der Waals surface area contributed by atoms with Crippen molar-refractivity contribution in [3.63, 3.8) is 0 Å². The maximum absolute atomic E-state index is 13.4. The van der Waals surface area contributed by atoms with Crippen molar-refractivity contribution >= 4 is 28.4 Å². The van der Waals surface area contributed by atoms with Crippen LogP contribution in [0.1, 0.15) is 10.5 Å². The molecule has 32 heavy (non-hydrogen) atoms. The average molecular weight is 438 g/mol. The van der Waals surface area contributed by atoms with Crippen LogP contribution in [-0.2, 0) is 0 Å².